The van der Waals surface area contributed by atoms with Gasteiger partial charge in [0.05, 0.1) is 5.69 Å². The number of anilines is 3. The summed E-state index contributed by atoms with van der Waals surface area (Å²) in [5, 5.41) is 4.36. The topological polar surface area (TPSA) is 50.9 Å². The summed E-state index contributed by atoms with van der Waals surface area (Å²) in [6.45, 7) is 0. The molecule has 5 heteroatoms. The fraction of sp³-hybridized carbons (Fsp3) is 0. The molecule has 0 amide bonds. The molecular weight excluding hydrogens is 260 g/mol. The fourth-order valence-corrected chi connectivity index (χ4v) is 2.05. The third-order valence-electron chi connectivity index (χ3n) is 3.02. The quantitative estimate of drug-likeness (QED) is 0.696. The summed E-state index contributed by atoms with van der Waals surface area (Å²) in [6.07, 6.45) is 1.57. The van der Waals surface area contributed by atoms with E-state index < -0.39 is 11.6 Å². The van der Waals surface area contributed by atoms with Crippen molar-refractivity contribution in [3.8, 4) is 0 Å². The number of nitrogens with zero attached hydrogens (tertiary/aromatic N) is 1. The molecule has 3 rings (SSSR count). The summed E-state index contributed by atoms with van der Waals surface area (Å²) in [6, 6.07) is 10.4. The lowest BCUT2D eigenvalue weighted by Gasteiger charge is -2.10. The second-order valence-corrected chi connectivity index (χ2v) is 4.35. The zero-order valence-corrected chi connectivity index (χ0v) is 10.4. The van der Waals surface area contributed by atoms with Gasteiger partial charge >= 0.3 is 0 Å². The van der Waals surface area contributed by atoms with Crippen LogP contribution < -0.4 is 11.1 Å². The maximum atomic E-state index is 13.7. The minimum atomic E-state index is -0.547. The largest absolute Gasteiger partial charge is 0.398 e. The average Bonchev–Trinajstić information content (AvgIpc) is 2.44. The SMILES string of the molecule is Nc1cccc2c(Nc3cc(F)ccc3F)nccc12. The lowest BCUT2D eigenvalue weighted by atomic mass is 10.1. The molecule has 2 aromatic carbocycles. The number of rotatable bonds is 2. The van der Waals surface area contributed by atoms with Crippen LogP contribution in [0.15, 0.2) is 48.7 Å². The number of hydrogen-bond donors (Lipinski definition) is 2. The molecule has 1 heterocycles. The Kier molecular flexibility index (Phi) is 2.95. The summed E-state index contributed by atoms with van der Waals surface area (Å²) in [7, 11) is 0. The van der Waals surface area contributed by atoms with E-state index in [9.17, 15) is 8.78 Å². The highest BCUT2D eigenvalue weighted by molar-refractivity contribution is 5.99. The van der Waals surface area contributed by atoms with Crippen molar-refractivity contribution in [3.05, 3.63) is 60.3 Å². The van der Waals surface area contributed by atoms with Crippen molar-refractivity contribution in [2.75, 3.05) is 11.1 Å². The molecule has 0 saturated carbocycles. The van der Waals surface area contributed by atoms with Crippen LogP contribution in [0.3, 0.4) is 0 Å². The van der Waals surface area contributed by atoms with Crippen LogP contribution in [0.1, 0.15) is 0 Å². The van der Waals surface area contributed by atoms with Gasteiger partial charge in [-0.05, 0) is 24.3 Å². The Labute approximate surface area is 114 Å². The van der Waals surface area contributed by atoms with Crippen LogP contribution in [-0.4, -0.2) is 4.98 Å². The maximum Gasteiger partial charge on any atom is 0.146 e. The van der Waals surface area contributed by atoms with E-state index in [1.165, 1.54) is 0 Å². The number of fused-ring (bicyclic) bond motifs is 1. The lowest BCUT2D eigenvalue weighted by Crippen LogP contribution is -1.98. The molecular formula is C15H11F2N3. The number of nitrogens with one attached hydrogen (secondary N) is 1. The van der Waals surface area contributed by atoms with Crippen LogP contribution >= 0.6 is 0 Å². The molecule has 0 saturated heterocycles. The molecule has 100 valence electrons. The summed E-state index contributed by atoms with van der Waals surface area (Å²) in [4.78, 5) is 4.16. The van der Waals surface area contributed by atoms with Gasteiger partial charge in [-0.2, -0.15) is 0 Å². The highest BCUT2D eigenvalue weighted by atomic mass is 19.1. The predicted octanol–water partition coefficient (Wildman–Crippen LogP) is 3.84. The van der Waals surface area contributed by atoms with Crippen molar-refractivity contribution in [3.63, 3.8) is 0 Å². The van der Waals surface area contributed by atoms with E-state index in [0.29, 0.717) is 11.5 Å². The second kappa shape index (κ2) is 4.77. The highest BCUT2D eigenvalue weighted by Gasteiger charge is 2.08. The maximum absolute atomic E-state index is 13.7. The number of aromatic nitrogens is 1. The Hall–Kier alpha value is -2.69. The van der Waals surface area contributed by atoms with Gasteiger partial charge in [0.25, 0.3) is 0 Å². The van der Waals surface area contributed by atoms with Crippen LogP contribution in [0.5, 0.6) is 0 Å². The Morgan fingerprint density at radius 1 is 1.00 bits per heavy atom. The van der Waals surface area contributed by atoms with Gasteiger partial charge in [0.15, 0.2) is 0 Å². The van der Waals surface area contributed by atoms with Gasteiger partial charge < -0.3 is 11.1 Å². The van der Waals surface area contributed by atoms with E-state index in [-0.39, 0.29) is 5.69 Å². The Bertz CT molecular complexity index is 787. The van der Waals surface area contributed by atoms with Crippen LogP contribution in [0.2, 0.25) is 0 Å². The summed E-state index contributed by atoms with van der Waals surface area (Å²) < 4.78 is 26.8. The molecule has 0 spiro atoms. The van der Waals surface area contributed by atoms with Gasteiger partial charge in [-0.25, -0.2) is 13.8 Å². The zero-order chi connectivity index (χ0) is 14.1. The number of hydrogen-bond acceptors (Lipinski definition) is 3. The predicted molar refractivity (Wildman–Crippen MR) is 75.8 cm³/mol. The normalized spacial score (nSPS) is 10.7. The van der Waals surface area contributed by atoms with Crippen molar-refractivity contribution in [1.82, 2.24) is 4.98 Å². The third kappa shape index (κ3) is 2.14. The minimum Gasteiger partial charge on any atom is -0.398 e. The van der Waals surface area contributed by atoms with Crippen molar-refractivity contribution in [1.29, 1.82) is 0 Å². The standard InChI is InChI=1S/C15H11F2N3/c16-9-4-5-12(17)14(8-9)20-15-11-2-1-3-13(18)10(11)6-7-19-15/h1-8H,18H2,(H,19,20). The van der Waals surface area contributed by atoms with Crippen molar-refractivity contribution >= 4 is 28.0 Å². The molecule has 0 aliphatic carbocycles. The molecule has 0 unspecified atom stereocenters. The first-order valence-electron chi connectivity index (χ1n) is 6.00. The first-order chi connectivity index (χ1) is 9.65. The lowest BCUT2D eigenvalue weighted by molar-refractivity contribution is 0.603. The van der Waals surface area contributed by atoms with Crippen molar-refractivity contribution in [2.45, 2.75) is 0 Å². The molecule has 20 heavy (non-hydrogen) atoms. The van der Waals surface area contributed by atoms with Gasteiger partial charge in [0.2, 0.25) is 0 Å². The Morgan fingerprint density at radius 2 is 1.85 bits per heavy atom. The molecule has 0 radical (unpaired) electrons. The molecule has 3 aromatic rings. The van der Waals surface area contributed by atoms with Crippen molar-refractivity contribution < 1.29 is 8.78 Å². The van der Waals surface area contributed by atoms with Gasteiger partial charge in [0.1, 0.15) is 17.5 Å². The number of halogens is 2. The van der Waals surface area contributed by atoms with Gasteiger partial charge in [-0.3, -0.25) is 0 Å². The molecule has 0 fully saturated rings. The van der Waals surface area contributed by atoms with Gasteiger partial charge in [-0.1, -0.05) is 12.1 Å². The van der Waals surface area contributed by atoms with Gasteiger partial charge in [0, 0.05) is 28.7 Å². The molecule has 3 nitrogen and oxygen atoms in total. The van der Waals surface area contributed by atoms with Gasteiger partial charge in [-0.15, -0.1) is 0 Å². The Morgan fingerprint density at radius 3 is 2.70 bits per heavy atom. The third-order valence-corrected chi connectivity index (χ3v) is 3.02. The number of nitrogen functional groups attached to an aromatic ring is 1. The van der Waals surface area contributed by atoms with Crippen LogP contribution in [0, 0.1) is 11.6 Å². The zero-order valence-electron chi connectivity index (χ0n) is 10.4. The van der Waals surface area contributed by atoms with E-state index in [1.807, 2.05) is 6.07 Å². The van der Waals surface area contributed by atoms with E-state index >= 15 is 0 Å². The molecule has 0 atom stereocenters. The van der Waals surface area contributed by atoms with E-state index in [0.717, 1.165) is 29.0 Å². The molecule has 0 aliphatic heterocycles. The Balaban J connectivity index is 2.11. The highest BCUT2D eigenvalue weighted by Crippen LogP contribution is 2.28. The molecule has 0 aliphatic rings. The molecule has 0 bridgehead atoms. The minimum absolute atomic E-state index is 0.0347. The van der Waals surface area contributed by atoms with Crippen molar-refractivity contribution in [2.24, 2.45) is 0 Å². The average molecular weight is 271 g/mol. The molecule has 1 aromatic heterocycles. The smallest absolute Gasteiger partial charge is 0.146 e. The summed E-state index contributed by atoms with van der Waals surface area (Å²) in [5.41, 5.74) is 6.52. The first kappa shape index (κ1) is 12.3. The summed E-state index contributed by atoms with van der Waals surface area (Å²) >= 11 is 0. The van der Waals surface area contributed by atoms with E-state index in [1.54, 1.807) is 24.4 Å². The monoisotopic (exact) mass is 271 g/mol. The summed E-state index contributed by atoms with van der Waals surface area (Å²) in [5.74, 6) is -0.637. The number of benzene rings is 2. The van der Waals surface area contributed by atoms with E-state index in [4.69, 9.17) is 5.73 Å². The first-order valence-corrected chi connectivity index (χ1v) is 6.00. The van der Waals surface area contributed by atoms with Crippen LogP contribution in [0.25, 0.3) is 10.8 Å². The number of nitrogens with two attached hydrogens (primary N) is 1. The van der Waals surface area contributed by atoms with Crippen LogP contribution in [-0.2, 0) is 0 Å². The van der Waals surface area contributed by atoms with Crippen LogP contribution in [0.4, 0.5) is 26.0 Å². The molecule has 3 N–H and O–H groups in total. The number of pyridine rings is 1. The fourth-order valence-electron chi connectivity index (χ4n) is 2.05. The second-order valence-electron chi connectivity index (χ2n) is 4.35. The van der Waals surface area contributed by atoms with E-state index in [2.05, 4.69) is 10.3 Å².